The average molecular weight is 383 g/mol. The van der Waals surface area contributed by atoms with Gasteiger partial charge in [0.25, 0.3) is 0 Å². The van der Waals surface area contributed by atoms with Gasteiger partial charge in [-0.2, -0.15) is 0 Å². The molecule has 0 saturated heterocycles. The average Bonchev–Trinajstić information content (AvgIpc) is 2.94. The van der Waals surface area contributed by atoms with Gasteiger partial charge in [-0.1, -0.05) is 35.9 Å². The van der Waals surface area contributed by atoms with Gasteiger partial charge < -0.3 is 0 Å². The number of para-hydroxylation sites is 1. The van der Waals surface area contributed by atoms with Crippen LogP contribution in [-0.4, -0.2) is 14.8 Å². The van der Waals surface area contributed by atoms with Crippen LogP contribution in [-0.2, 0) is 5.88 Å². The summed E-state index contributed by atoms with van der Waals surface area (Å²) in [5.41, 5.74) is 1.75. The molecule has 0 aliphatic rings. The van der Waals surface area contributed by atoms with E-state index in [2.05, 4.69) is 26.1 Å². The minimum absolute atomic E-state index is 0.271. The third-order valence-electron chi connectivity index (χ3n) is 3.06. The van der Waals surface area contributed by atoms with Crippen molar-refractivity contribution in [1.82, 2.24) is 14.8 Å². The maximum atomic E-state index is 6.38. The smallest absolute Gasteiger partial charge is 0.170 e. The Labute approximate surface area is 140 Å². The summed E-state index contributed by atoms with van der Waals surface area (Å²) in [4.78, 5) is 0. The second kappa shape index (κ2) is 6.18. The molecule has 0 aliphatic carbocycles. The normalized spacial score (nSPS) is 10.8. The summed E-state index contributed by atoms with van der Waals surface area (Å²) in [5.74, 6) is 1.62. The summed E-state index contributed by atoms with van der Waals surface area (Å²) < 4.78 is 2.73. The summed E-state index contributed by atoms with van der Waals surface area (Å²) in [6, 6.07) is 15.5. The number of aromatic nitrogens is 3. The maximum absolute atomic E-state index is 6.38. The zero-order chi connectivity index (χ0) is 14.8. The molecule has 6 heteroatoms. The molecule has 0 amide bonds. The third kappa shape index (κ3) is 2.71. The summed E-state index contributed by atoms with van der Waals surface area (Å²) >= 11 is 15.8. The van der Waals surface area contributed by atoms with Crippen LogP contribution >= 0.6 is 39.1 Å². The Balaban J connectivity index is 2.25. The number of rotatable bonds is 3. The van der Waals surface area contributed by atoms with Crippen molar-refractivity contribution < 1.29 is 0 Å². The molecule has 0 saturated carbocycles. The second-order valence-corrected chi connectivity index (χ2v) is 5.85. The van der Waals surface area contributed by atoms with E-state index in [-0.39, 0.29) is 5.88 Å². The largest absolute Gasteiger partial charge is 0.278 e. The Morgan fingerprint density at radius 2 is 1.76 bits per heavy atom. The first-order chi connectivity index (χ1) is 10.2. The number of alkyl halides is 1. The van der Waals surface area contributed by atoms with E-state index in [1.165, 1.54) is 0 Å². The van der Waals surface area contributed by atoms with Crippen LogP contribution in [0.5, 0.6) is 0 Å². The lowest BCUT2D eigenvalue weighted by Crippen LogP contribution is -2.01. The number of halogens is 3. The summed E-state index contributed by atoms with van der Waals surface area (Å²) in [5, 5.41) is 9.02. The fourth-order valence-corrected chi connectivity index (χ4v) is 2.85. The molecule has 3 nitrogen and oxygen atoms in total. The quantitative estimate of drug-likeness (QED) is 0.590. The summed E-state index contributed by atoms with van der Waals surface area (Å²) in [7, 11) is 0. The van der Waals surface area contributed by atoms with Gasteiger partial charge in [0.05, 0.1) is 10.9 Å². The van der Waals surface area contributed by atoms with Gasteiger partial charge in [0.1, 0.15) is 0 Å². The van der Waals surface area contributed by atoms with E-state index in [0.717, 1.165) is 15.7 Å². The summed E-state index contributed by atoms with van der Waals surface area (Å²) in [6.07, 6.45) is 0. The molecular formula is C15H10BrCl2N3. The van der Waals surface area contributed by atoms with Crippen LogP contribution in [0, 0.1) is 0 Å². The Hall–Kier alpha value is -1.36. The highest BCUT2D eigenvalue weighted by atomic mass is 79.9. The van der Waals surface area contributed by atoms with E-state index in [9.17, 15) is 0 Å². The summed E-state index contributed by atoms with van der Waals surface area (Å²) in [6.45, 7) is 0. The molecule has 2 aromatic carbocycles. The predicted molar refractivity (Wildman–Crippen MR) is 89.1 cm³/mol. The Kier molecular flexibility index (Phi) is 4.29. The Bertz CT molecular complexity index is 772. The maximum Gasteiger partial charge on any atom is 0.170 e. The molecule has 3 rings (SSSR count). The van der Waals surface area contributed by atoms with E-state index in [1.807, 2.05) is 53.1 Å². The Morgan fingerprint density at radius 3 is 2.48 bits per heavy atom. The zero-order valence-electron chi connectivity index (χ0n) is 10.8. The van der Waals surface area contributed by atoms with Gasteiger partial charge in [0, 0.05) is 15.7 Å². The van der Waals surface area contributed by atoms with Crippen LogP contribution in [0.25, 0.3) is 17.1 Å². The molecule has 0 unspecified atom stereocenters. The zero-order valence-corrected chi connectivity index (χ0v) is 13.9. The third-order valence-corrected chi connectivity index (χ3v) is 4.59. The van der Waals surface area contributed by atoms with Crippen LogP contribution in [0.2, 0.25) is 5.02 Å². The predicted octanol–water partition coefficient (Wildman–Crippen LogP) is 5.09. The number of nitrogens with zero attached hydrogens (tertiary/aromatic N) is 3. The molecule has 0 N–H and O–H groups in total. The van der Waals surface area contributed by atoms with Gasteiger partial charge in [-0.25, -0.2) is 0 Å². The molecule has 0 fully saturated rings. The highest BCUT2D eigenvalue weighted by Gasteiger charge is 2.17. The molecule has 106 valence electrons. The number of hydrogen-bond donors (Lipinski definition) is 0. The van der Waals surface area contributed by atoms with Crippen LogP contribution in [0.3, 0.4) is 0 Å². The molecule has 1 heterocycles. The SMILES string of the molecule is ClCc1nnc(-c2cccc(Br)c2Cl)n1-c1ccccc1. The molecule has 3 aromatic rings. The molecule has 1 aromatic heterocycles. The topological polar surface area (TPSA) is 30.7 Å². The van der Waals surface area contributed by atoms with Gasteiger partial charge in [0.15, 0.2) is 11.6 Å². The van der Waals surface area contributed by atoms with E-state index in [1.54, 1.807) is 0 Å². The van der Waals surface area contributed by atoms with E-state index in [4.69, 9.17) is 23.2 Å². The monoisotopic (exact) mass is 381 g/mol. The van der Waals surface area contributed by atoms with Crippen LogP contribution in [0.4, 0.5) is 0 Å². The lowest BCUT2D eigenvalue weighted by molar-refractivity contribution is 0.953. The van der Waals surface area contributed by atoms with E-state index in [0.29, 0.717) is 16.7 Å². The lowest BCUT2D eigenvalue weighted by Gasteiger charge is -2.10. The molecular weight excluding hydrogens is 373 g/mol. The van der Waals surface area contributed by atoms with Crippen molar-refractivity contribution in [3.05, 3.63) is 63.9 Å². The number of benzene rings is 2. The first-order valence-corrected chi connectivity index (χ1v) is 7.93. The van der Waals surface area contributed by atoms with Crippen molar-refractivity contribution in [2.75, 3.05) is 0 Å². The minimum atomic E-state index is 0.271. The molecule has 0 bridgehead atoms. The van der Waals surface area contributed by atoms with Gasteiger partial charge >= 0.3 is 0 Å². The van der Waals surface area contributed by atoms with Crippen molar-refractivity contribution >= 4 is 39.1 Å². The van der Waals surface area contributed by atoms with Crippen LogP contribution < -0.4 is 0 Å². The fraction of sp³-hybridized carbons (Fsp3) is 0.0667. The molecule has 0 spiro atoms. The van der Waals surface area contributed by atoms with Crippen LogP contribution in [0.1, 0.15) is 5.82 Å². The Morgan fingerprint density at radius 1 is 1.00 bits per heavy atom. The second-order valence-electron chi connectivity index (χ2n) is 4.35. The van der Waals surface area contributed by atoms with Gasteiger partial charge in [-0.15, -0.1) is 21.8 Å². The van der Waals surface area contributed by atoms with Crippen molar-refractivity contribution in [3.63, 3.8) is 0 Å². The molecule has 0 atom stereocenters. The molecule has 0 radical (unpaired) electrons. The van der Waals surface area contributed by atoms with Crippen molar-refractivity contribution in [2.45, 2.75) is 5.88 Å². The molecule has 21 heavy (non-hydrogen) atoms. The fourth-order valence-electron chi connectivity index (χ4n) is 2.10. The standard InChI is InChI=1S/C15H10BrCl2N3/c16-12-8-4-7-11(14(12)18)15-20-19-13(9-17)21(15)10-5-2-1-3-6-10/h1-8H,9H2. The van der Waals surface area contributed by atoms with Crippen molar-refractivity contribution in [3.8, 4) is 17.1 Å². The highest BCUT2D eigenvalue weighted by Crippen LogP contribution is 2.34. The highest BCUT2D eigenvalue weighted by molar-refractivity contribution is 9.10. The minimum Gasteiger partial charge on any atom is -0.278 e. The van der Waals surface area contributed by atoms with Gasteiger partial charge in [-0.3, -0.25) is 4.57 Å². The van der Waals surface area contributed by atoms with Gasteiger partial charge in [-0.05, 0) is 40.2 Å². The van der Waals surface area contributed by atoms with Crippen LogP contribution in [0.15, 0.2) is 53.0 Å². The molecule has 0 aliphatic heterocycles. The number of hydrogen-bond acceptors (Lipinski definition) is 2. The lowest BCUT2D eigenvalue weighted by atomic mass is 10.2. The first kappa shape index (κ1) is 14.6. The van der Waals surface area contributed by atoms with Crippen molar-refractivity contribution in [1.29, 1.82) is 0 Å². The van der Waals surface area contributed by atoms with E-state index < -0.39 is 0 Å². The first-order valence-electron chi connectivity index (χ1n) is 6.22. The van der Waals surface area contributed by atoms with E-state index >= 15 is 0 Å². The van der Waals surface area contributed by atoms with Crippen molar-refractivity contribution in [2.24, 2.45) is 0 Å². The van der Waals surface area contributed by atoms with Gasteiger partial charge in [0.2, 0.25) is 0 Å².